The highest BCUT2D eigenvalue weighted by Gasteiger charge is 2.03. The average molecular weight is 189 g/mol. The van der Waals surface area contributed by atoms with Gasteiger partial charge >= 0.3 is 0 Å². The Kier molecular flexibility index (Phi) is 6.90. The van der Waals surface area contributed by atoms with Gasteiger partial charge in [0, 0.05) is 26.5 Å². The molecule has 0 aliphatic rings. The van der Waals surface area contributed by atoms with Crippen molar-refractivity contribution in [2.75, 3.05) is 26.5 Å². The maximum atomic E-state index is 10.9. The minimum Gasteiger partial charge on any atom is -0.385 e. The fourth-order valence-corrected chi connectivity index (χ4v) is 1.35. The third-order valence-corrected chi connectivity index (χ3v) is 2.28. The van der Waals surface area contributed by atoms with Crippen LogP contribution >= 0.6 is 11.8 Å². The molecule has 0 spiro atoms. The van der Waals surface area contributed by atoms with Crippen molar-refractivity contribution in [3.63, 3.8) is 0 Å². The Hall–Kier alpha value is -0.480. The molecule has 0 aromatic carbocycles. The minimum atomic E-state index is -0.0996. The standard InChI is InChI=1S/C8H15NO2S/c1-7(8(10)9-2)12-6-4-5-11-3/h1,4-6H2,2-3H3,(H,9,10). The molecule has 0 heterocycles. The summed E-state index contributed by atoms with van der Waals surface area (Å²) in [7, 11) is 3.27. The molecule has 0 aromatic rings. The zero-order valence-corrected chi connectivity index (χ0v) is 8.37. The predicted octanol–water partition coefficient (Wildman–Crippen LogP) is 1.02. The Morgan fingerprint density at radius 2 is 2.33 bits per heavy atom. The van der Waals surface area contributed by atoms with Gasteiger partial charge in [-0.05, 0) is 6.42 Å². The van der Waals surface area contributed by atoms with E-state index in [9.17, 15) is 4.79 Å². The van der Waals surface area contributed by atoms with Gasteiger partial charge in [0.05, 0.1) is 4.91 Å². The lowest BCUT2D eigenvalue weighted by Crippen LogP contribution is -2.18. The Bertz CT molecular complexity index is 159. The Morgan fingerprint density at radius 3 is 2.83 bits per heavy atom. The highest BCUT2D eigenvalue weighted by atomic mass is 32.2. The molecule has 1 amide bonds. The number of likely N-dealkylation sites (N-methyl/N-ethyl adjacent to an activating group) is 1. The van der Waals surface area contributed by atoms with Gasteiger partial charge in [0.25, 0.3) is 5.91 Å². The summed E-state index contributed by atoms with van der Waals surface area (Å²) in [5, 5.41) is 2.52. The van der Waals surface area contributed by atoms with E-state index < -0.39 is 0 Å². The number of nitrogens with one attached hydrogen (secondary N) is 1. The third-order valence-electron chi connectivity index (χ3n) is 1.25. The maximum Gasteiger partial charge on any atom is 0.256 e. The molecule has 0 saturated heterocycles. The van der Waals surface area contributed by atoms with Crippen molar-refractivity contribution in [2.45, 2.75) is 6.42 Å². The third kappa shape index (κ3) is 5.21. The van der Waals surface area contributed by atoms with Crippen LogP contribution in [0.2, 0.25) is 0 Å². The van der Waals surface area contributed by atoms with Gasteiger partial charge in [0.1, 0.15) is 0 Å². The quantitative estimate of drug-likeness (QED) is 0.501. The number of ether oxygens (including phenoxy) is 1. The number of thioether (sulfide) groups is 1. The van der Waals surface area contributed by atoms with Gasteiger partial charge < -0.3 is 10.1 Å². The summed E-state index contributed by atoms with van der Waals surface area (Å²) in [5.41, 5.74) is 0. The van der Waals surface area contributed by atoms with Crippen LogP contribution in [0.25, 0.3) is 0 Å². The van der Waals surface area contributed by atoms with Crippen LogP contribution in [0.5, 0.6) is 0 Å². The summed E-state index contributed by atoms with van der Waals surface area (Å²) < 4.78 is 4.87. The number of amides is 1. The first-order valence-corrected chi connectivity index (χ1v) is 4.73. The van der Waals surface area contributed by atoms with Crippen molar-refractivity contribution in [1.29, 1.82) is 0 Å². The van der Waals surface area contributed by atoms with Gasteiger partial charge in [0.2, 0.25) is 0 Å². The summed E-state index contributed by atoms with van der Waals surface area (Å²) in [6, 6.07) is 0. The molecule has 0 aromatic heterocycles. The normalized spacial score (nSPS) is 9.50. The molecule has 70 valence electrons. The van der Waals surface area contributed by atoms with Crippen molar-refractivity contribution in [3.8, 4) is 0 Å². The summed E-state index contributed by atoms with van der Waals surface area (Å²) in [4.78, 5) is 11.5. The molecule has 3 nitrogen and oxygen atoms in total. The lowest BCUT2D eigenvalue weighted by molar-refractivity contribution is -0.116. The monoisotopic (exact) mass is 189 g/mol. The molecule has 12 heavy (non-hydrogen) atoms. The SMILES string of the molecule is C=C(SCCCOC)C(=O)NC. The van der Waals surface area contributed by atoms with Gasteiger partial charge in [-0.1, -0.05) is 6.58 Å². The molecule has 0 aliphatic carbocycles. The summed E-state index contributed by atoms with van der Waals surface area (Å²) >= 11 is 1.46. The molecule has 0 unspecified atom stereocenters. The first kappa shape index (κ1) is 11.5. The highest BCUT2D eigenvalue weighted by Crippen LogP contribution is 2.13. The van der Waals surface area contributed by atoms with Crippen molar-refractivity contribution in [3.05, 3.63) is 11.5 Å². The van der Waals surface area contributed by atoms with Crippen LogP contribution in [0.1, 0.15) is 6.42 Å². The van der Waals surface area contributed by atoms with E-state index in [1.54, 1.807) is 14.2 Å². The second-order valence-electron chi connectivity index (χ2n) is 2.20. The van der Waals surface area contributed by atoms with Crippen molar-refractivity contribution < 1.29 is 9.53 Å². The van der Waals surface area contributed by atoms with Crippen LogP contribution in [-0.4, -0.2) is 32.4 Å². The number of methoxy groups -OCH3 is 1. The van der Waals surface area contributed by atoms with E-state index in [1.165, 1.54) is 11.8 Å². The fourth-order valence-electron chi connectivity index (χ4n) is 0.604. The van der Waals surface area contributed by atoms with Crippen LogP contribution in [-0.2, 0) is 9.53 Å². The number of carbonyl (C=O) groups excluding carboxylic acids is 1. The summed E-state index contributed by atoms with van der Waals surface area (Å²) in [6.45, 7) is 4.36. The number of carbonyl (C=O) groups is 1. The van der Waals surface area contributed by atoms with E-state index in [0.29, 0.717) is 4.91 Å². The van der Waals surface area contributed by atoms with Gasteiger partial charge in [-0.3, -0.25) is 4.79 Å². The van der Waals surface area contributed by atoms with Crippen LogP contribution < -0.4 is 5.32 Å². The molecule has 0 atom stereocenters. The topological polar surface area (TPSA) is 38.3 Å². The molecule has 0 fully saturated rings. The van der Waals surface area contributed by atoms with Crippen molar-refractivity contribution in [1.82, 2.24) is 5.32 Å². The smallest absolute Gasteiger partial charge is 0.256 e. The molecule has 0 aliphatic heterocycles. The van der Waals surface area contributed by atoms with E-state index in [2.05, 4.69) is 11.9 Å². The number of rotatable bonds is 6. The average Bonchev–Trinajstić information content (AvgIpc) is 2.10. The number of hydrogen-bond donors (Lipinski definition) is 1. The first-order valence-electron chi connectivity index (χ1n) is 3.75. The first-order chi connectivity index (χ1) is 5.72. The van der Waals surface area contributed by atoms with E-state index in [-0.39, 0.29) is 5.91 Å². The van der Waals surface area contributed by atoms with Crippen molar-refractivity contribution >= 4 is 17.7 Å². The lowest BCUT2D eigenvalue weighted by Gasteiger charge is -2.02. The summed E-state index contributed by atoms with van der Waals surface area (Å²) in [6.07, 6.45) is 0.942. The molecule has 0 rings (SSSR count). The molecule has 0 radical (unpaired) electrons. The minimum absolute atomic E-state index is 0.0996. The second kappa shape index (κ2) is 7.18. The Labute approximate surface area is 77.6 Å². The maximum absolute atomic E-state index is 10.9. The van der Waals surface area contributed by atoms with Crippen LogP contribution in [0.15, 0.2) is 11.5 Å². The number of hydrogen-bond acceptors (Lipinski definition) is 3. The highest BCUT2D eigenvalue weighted by molar-refractivity contribution is 8.03. The van der Waals surface area contributed by atoms with Crippen LogP contribution in [0.3, 0.4) is 0 Å². The molecule has 1 N–H and O–H groups in total. The Morgan fingerprint density at radius 1 is 1.67 bits per heavy atom. The van der Waals surface area contributed by atoms with Crippen molar-refractivity contribution in [2.24, 2.45) is 0 Å². The van der Waals surface area contributed by atoms with E-state index in [0.717, 1.165) is 18.8 Å². The predicted molar refractivity (Wildman–Crippen MR) is 52.2 cm³/mol. The Balaban J connectivity index is 3.38. The largest absolute Gasteiger partial charge is 0.385 e. The zero-order chi connectivity index (χ0) is 9.40. The molecular formula is C8H15NO2S. The molecule has 0 saturated carbocycles. The summed E-state index contributed by atoms with van der Waals surface area (Å²) in [5.74, 6) is 0.775. The van der Waals surface area contributed by atoms with Gasteiger partial charge in [-0.15, -0.1) is 11.8 Å². The van der Waals surface area contributed by atoms with E-state index in [1.807, 2.05) is 0 Å². The van der Waals surface area contributed by atoms with Crippen LogP contribution in [0, 0.1) is 0 Å². The lowest BCUT2D eigenvalue weighted by atomic mass is 10.5. The van der Waals surface area contributed by atoms with Gasteiger partial charge in [-0.2, -0.15) is 0 Å². The fraction of sp³-hybridized carbons (Fsp3) is 0.625. The molecule has 0 bridgehead atoms. The molecular weight excluding hydrogens is 174 g/mol. The zero-order valence-electron chi connectivity index (χ0n) is 7.55. The van der Waals surface area contributed by atoms with Gasteiger partial charge in [0.15, 0.2) is 0 Å². The molecule has 4 heteroatoms. The van der Waals surface area contributed by atoms with Crippen LogP contribution in [0.4, 0.5) is 0 Å². The van der Waals surface area contributed by atoms with E-state index in [4.69, 9.17) is 4.74 Å². The second-order valence-corrected chi connectivity index (χ2v) is 3.39. The van der Waals surface area contributed by atoms with Gasteiger partial charge in [-0.25, -0.2) is 0 Å². The van der Waals surface area contributed by atoms with E-state index >= 15 is 0 Å².